The number of hydrogen-bond acceptors (Lipinski definition) is 4. The van der Waals surface area contributed by atoms with E-state index in [4.69, 9.17) is 16.3 Å². The molecular formula is C13H22ClN3O2. The molecule has 6 heteroatoms. The van der Waals surface area contributed by atoms with E-state index in [0.29, 0.717) is 24.6 Å². The first kappa shape index (κ1) is 16.0. The van der Waals surface area contributed by atoms with Crippen LogP contribution in [-0.2, 0) is 16.1 Å². The first-order valence-electron chi connectivity index (χ1n) is 6.60. The van der Waals surface area contributed by atoms with Crippen LogP contribution in [0, 0.1) is 13.8 Å². The lowest BCUT2D eigenvalue weighted by atomic mass is 10.2. The first-order valence-corrected chi connectivity index (χ1v) is 6.98. The van der Waals surface area contributed by atoms with Gasteiger partial charge in [0.2, 0.25) is 0 Å². The predicted molar refractivity (Wildman–Crippen MR) is 75.4 cm³/mol. The zero-order chi connectivity index (χ0) is 14.4. The van der Waals surface area contributed by atoms with Crippen LogP contribution in [0.15, 0.2) is 0 Å². The topological polar surface area (TPSA) is 56.2 Å². The van der Waals surface area contributed by atoms with Gasteiger partial charge in [-0.2, -0.15) is 5.10 Å². The molecule has 0 radical (unpaired) electrons. The summed E-state index contributed by atoms with van der Waals surface area (Å²) in [5.41, 5.74) is 1.74. The van der Waals surface area contributed by atoms with E-state index in [2.05, 4.69) is 10.4 Å². The van der Waals surface area contributed by atoms with Crippen LogP contribution in [0.3, 0.4) is 0 Å². The minimum Gasteiger partial charge on any atom is -0.465 e. The second kappa shape index (κ2) is 7.50. The van der Waals surface area contributed by atoms with E-state index in [1.165, 1.54) is 0 Å². The molecule has 0 amide bonds. The molecule has 0 bridgehead atoms. The molecule has 1 atom stereocenters. The average Bonchev–Trinajstić information content (AvgIpc) is 2.62. The van der Waals surface area contributed by atoms with Crippen LogP contribution in [0.1, 0.15) is 31.7 Å². The number of carbonyl (C=O) groups is 1. The van der Waals surface area contributed by atoms with Gasteiger partial charge in [0.15, 0.2) is 0 Å². The van der Waals surface area contributed by atoms with Crippen molar-refractivity contribution < 1.29 is 9.53 Å². The maximum Gasteiger partial charge on any atom is 0.323 e. The fourth-order valence-corrected chi connectivity index (χ4v) is 2.07. The van der Waals surface area contributed by atoms with Gasteiger partial charge in [0.05, 0.1) is 23.0 Å². The number of nitrogens with zero attached hydrogens (tertiary/aromatic N) is 2. The van der Waals surface area contributed by atoms with Gasteiger partial charge in [-0.05, 0) is 33.7 Å². The molecule has 0 saturated carbocycles. The summed E-state index contributed by atoms with van der Waals surface area (Å²) in [6.07, 6.45) is 0.630. The molecule has 108 valence electrons. The van der Waals surface area contributed by atoms with Gasteiger partial charge < -0.3 is 10.1 Å². The van der Waals surface area contributed by atoms with Crippen molar-refractivity contribution in [3.63, 3.8) is 0 Å². The molecule has 5 nitrogen and oxygen atoms in total. The van der Waals surface area contributed by atoms with Crippen LogP contribution < -0.4 is 5.32 Å². The third-order valence-electron chi connectivity index (χ3n) is 2.94. The molecule has 0 aromatic carbocycles. The molecule has 1 aromatic rings. The fraction of sp³-hybridized carbons (Fsp3) is 0.692. The van der Waals surface area contributed by atoms with Crippen LogP contribution in [-0.4, -0.2) is 34.9 Å². The summed E-state index contributed by atoms with van der Waals surface area (Å²) >= 11 is 6.10. The van der Waals surface area contributed by atoms with Gasteiger partial charge in [0.1, 0.15) is 6.04 Å². The standard InChI is InChI=1S/C13H22ClN3O2/c1-5-15-11(13(18)19-6-2)7-8-17-10(4)12(14)9(3)16-17/h11,15H,5-8H2,1-4H3. The lowest BCUT2D eigenvalue weighted by molar-refractivity contribution is -0.145. The average molecular weight is 288 g/mol. The van der Waals surface area contributed by atoms with Gasteiger partial charge in [0, 0.05) is 6.54 Å². The van der Waals surface area contributed by atoms with Crippen molar-refractivity contribution in [2.24, 2.45) is 0 Å². The molecule has 1 N–H and O–H groups in total. The van der Waals surface area contributed by atoms with Gasteiger partial charge in [-0.25, -0.2) is 0 Å². The number of carbonyl (C=O) groups excluding carboxylic acids is 1. The van der Waals surface area contributed by atoms with Crippen molar-refractivity contribution in [1.29, 1.82) is 0 Å². The Morgan fingerprint density at radius 1 is 1.47 bits per heavy atom. The number of rotatable bonds is 7. The third-order valence-corrected chi connectivity index (χ3v) is 3.49. The minimum absolute atomic E-state index is 0.211. The summed E-state index contributed by atoms with van der Waals surface area (Å²) in [5, 5.41) is 8.17. The van der Waals surface area contributed by atoms with Crippen molar-refractivity contribution in [3.05, 3.63) is 16.4 Å². The summed E-state index contributed by atoms with van der Waals surface area (Å²) in [7, 11) is 0. The molecule has 0 aliphatic carbocycles. The van der Waals surface area contributed by atoms with Crippen molar-refractivity contribution in [2.45, 2.75) is 46.7 Å². The Kier molecular flexibility index (Phi) is 6.31. The van der Waals surface area contributed by atoms with E-state index in [-0.39, 0.29) is 12.0 Å². The number of esters is 1. The minimum atomic E-state index is -0.298. The van der Waals surface area contributed by atoms with Crippen LogP contribution in [0.5, 0.6) is 0 Å². The Bertz CT molecular complexity index is 432. The molecular weight excluding hydrogens is 266 g/mol. The van der Waals surface area contributed by atoms with Crippen molar-refractivity contribution in [2.75, 3.05) is 13.2 Å². The molecule has 0 fully saturated rings. The second-order valence-electron chi connectivity index (χ2n) is 4.36. The summed E-state index contributed by atoms with van der Waals surface area (Å²) in [6.45, 7) is 9.33. The first-order chi connectivity index (χ1) is 9.01. The Hall–Kier alpha value is -1.07. The SMILES string of the molecule is CCNC(CCn1nc(C)c(Cl)c1C)C(=O)OCC. The summed E-state index contributed by atoms with van der Waals surface area (Å²) in [5.74, 6) is -0.211. The molecule has 1 aromatic heterocycles. The Balaban J connectivity index is 2.65. The summed E-state index contributed by atoms with van der Waals surface area (Å²) in [6, 6.07) is -0.298. The highest BCUT2D eigenvalue weighted by Gasteiger charge is 2.19. The highest BCUT2D eigenvalue weighted by Crippen LogP contribution is 2.19. The molecule has 0 aliphatic rings. The molecule has 1 rings (SSSR count). The van der Waals surface area contributed by atoms with Crippen LogP contribution in [0.25, 0.3) is 0 Å². The lowest BCUT2D eigenvalue weighted by Crippen LogP contribution is -2.39. The summed E-state index contributed by atoms with van der Waals surface area (Å²) in [4.78, 5) is 11.8. The number of ether oxygens (including phenoxy) is 1. The van der Waals surface area contributed by atoms with Gasteiger partial charge in [-0.3, -0.25) is 9.48 Å². The van der Waals surface area contributed by atoms with Gasteiger partial charge in [-0.15, -0.1) is 0 Å². The van der Waals surface area contributed by atoms with Gasteiger partial charge >= 0.3 is 5.97 Å². The zero-order valence-corrected chi connectivity index (χ0v) is 12.8. The second-order valence-corrected chi connectivity index (χ2v) is 4.74. The maximum absolute atomic E-state index is 11.8. The maximum atomic E-state index is 11.8. The zero-order valence-electron chi connectivity index (χ0n) is 12.0. The largest absolute Gasteiger partial charge is 0.465 e. The molecule has 1 heterocycles. The number of nitrogens with one attached hydrogen (secondary N) is 1. The van der Waals surface area contributed by atoms with Gasteiger partial charge in [0.25, 0.3) is 0 Å². The molecule has 19 heavy (non-hydrogen) atoms. The number of halogens is 1. The number of likely N-dealkylation sites (N-methyl/N-ethyl adjacent to an activating group) is 1. The normalized spacial score (nSPS) is 12.5. The van der Waals surface area contributed by atoms with E-state index >= 15 is 0 Å². The molecule has 1 unspecified atom stereocenters. The van der Waals surface area contributed by atoms with Crippen LogP contribution >= 0.6 is 11.6 Å². The van der Waals surface area contributed by atoms with E-state index in [1.807, 2.05) is 32.4 Å². The molecule has 0 saturated heterocycles. The van der Waals surface area contributed by atoms with E-state index < -0.39 is 0 Å². The Labute approximate surface area is 119 Å². The fourth-order valence-electron chi connectivity index (χ4n) is 1.94. The van der Waals surface area contributed by atoms with Crippen molar-refractivity contribution in [3.8, 4) is 0 Å². The van der Waals surface area contributed by atoms with E-state index in [9.17, 15) is 4.79 Å². The van der Waals surface area contributed by atoms with Crippen molar-refractivity contribution >= 4 is 17.6 Å². The molecule has 0 spiro atoms. The number of aryl methyl sites for hydroxylation is 2. The summed E-state index contributed by atoms with van der Waals surface area (Å²) < 4.78 is 6.88. The van der Waals surface area contributed by atoms with E-state index in [1.54, 1.807) is 0 Å². The number of hydrogen-bond donors (Lipinski definition) is 1. The highest BCUT2D eigenvalue weighted by molar-refractivity contribution is 6.31. The smallest absolute Gasteiger partial charge is 0.323 e. The quantitative estimate of drug-likeness (QED) is 0.780. The highest BCUT2D eigenvalue weighted by atomic mass is 35.5. The van der Waals surface area contributed by atoms with E-state index in [0.717, 1.165) is 17.9 Å². The predicted octanol–water partition coefficient (Wildman–Crippen LogP) is 2.08. The van der Waals surface area contributed by atoms with Crippen molar-refractivity contribution in [1.82, 2.24) is 15.1 Å². The lowest BCUT2D eigenvalue weighted by Gasteiger charge is -2.16. The molecule has 0 aliphatic heterocycles. The Morgan fingerprint density at radius 3 is 2.63 bits per heavy atom. The number of aromatic nitrogens is 2. The van der Waals surface area contributed by atoms with Crippen LogP contribution in [0.2, 0.25) is 5.02 Å². The Morgan fingerprint density at radius 2 is 2.16 bits per heavy atom. The van der Waals surface area contributed by atoms with Gasteiger partial charge in [-0.1, -0.05) is 18.5 Å². The third kappa shape index (κ3) is 4.21. The van der Waals surface area contributed by atoms with Crippen LogP contribution in [0.4, 0.5) is 0 Å². The monoisotopic (exact) mass is 287 g/mol.